The molecular weight excluding hydrogens is 444 g/mol. The highest BCUT2D eigenvalue weighted by Gasteiger charge is 2.36. The van der Waals surface area contributed by atoms with Gasteiger partial charge < -0.3 is 14.4 Å². The molecule has 0 amide bonds. The lowest BCUT2D eigenvalue weighted by atomic mass is 9.79. The normalized spacial score (nSPS) is 17.0. The molecule has 1 aliphatic rings. The molecule has 0 saturated heterocycles. The fraction of sp³-hybridized carbons (Fsp3) is 0.345. The van der Waals surface area contributed by atoms with Crippen LogP contribution in [0.3, 0.4) is 0 Å². The van der Waals surface area contributed by atoms with Gasteiger partial charge in [0.05, 0.1) is 17.8 Å². The van der Waals surface area contributed by atoms with E-state index in [0.29, 0.717) is 17.4 Å². The first kappa shape index (κ1) is 24.2. The number of rotatable bonds is 7. The molecule has 0 aromatic heterocycles. The predicted molar refractivity (Wildman–Crippen MR) is 143 cm³/mol. The third kappa shape index (κ3) is 5.07. The second-order valence-electron chi connectivity index (χ2n) is 9.51. The van der Waals surface area contributed by atoms with E-state index in [1.54, 1.807) is 7.11 Å². The molecule has 1 aliphatic heterocycles. The van der Waals surface area contributed by atoms with Crippen LogP contribution in [0.4, 0.5) is 11.4 Å². The van der Waals surface area contributed by atoms with Gasteiger partial charge in [0, 0.05) is 29.5 Å². The van der Waals surface area contributed by atoms with Gasteiger partial charge in [-0.15, -0.1) is 0 Å². The van der Waals surface area contributed by atoms with Gasteiger partial charge in [0.1, 0.15) is 5.75 Å². The van der Waals surface area contributed by atoms with E-state index in [9.17, 15) is 0 Å². The Hall–Kier alpha value is -2.98. The lowest BCUT2D eigenvalue weighted by Gasteiger charge is -2.47. The van der Waals surface area contributed by atoms with Crippen LogP contribution in [-0.2, 0) is 0 Å². The smallest absolute Gasteiger partial charge is 0.169 e. The first-order chi connectivity index (χ1) is 16.3. The summed E-state index contributed by atoms with van der Waals surface area (Å²) in [6.07, 6.45) is 4.08. The molecule has 0 saturated carbocycles. The van der Waals surface area contributed by atoms with Crippen LogP contribution in [0, 0.1) is 0 Å². The lowest BCUT2D eigenvalue weighted by molar-refractivity contribution is 0.376. The van der Waals surface area contributed by atoms with Gasteiger partial charge in [0.2, 0.25) is 0 Å². The summed E-state index contributed by atoms with van der Waals surface area (Å²) >= 11 is 6.73. The van der Waals surface area contributed by atoms with Crippen LogP contribution >= 0.6 is 11.6 Å². The van der Waals surface area contributed by atoms with Crippen molar-refractivity contribution in [2.24, 2.45) is 4.99 Å². The van der Waals surface area contributed by atoms with E-state index in [0.717, 1.165) is 41.4 Å². The van der Waals surface area contributed by atoms with Crippen LogP contribution in [0.2, 0.25) is 5.02 Å². The van der Waals surface area contributed by atoms with Gasteiger partial charge in [-0.05, 0) is 86.7 Å². The molecule has 3 aromatic carbocycles. The van der Waals surface area contributed by atoms with Crippen molar-refractivity contribution >= 4 is 29.2 Å². The number of benzene rings is 3. The first-order valence-electron chi connectivity index (χ1n) is 11.9. The number of ether oxygens (including phenoxy) is 2. The molecule has 0 bridgehead atoms. The van der Waals surface area contributed by atoms with Crippen molar-refractivity contribution in [3.8, 4) is 17.2 Å². The van der Waals surface area contributed by atoms with Gasteiger partial charge >= 0.3 is 0 Å². The van der Waals surface area contributed by atoms with Crippen LogP contribution < -0.4 is 14.4 Å². The molecule has 34 heavy (non-hydrogen) atoms. The zero-order valence-electron chi connectivity index (χ0n) is 20.6. The second kappa shape index (κ2) is 10.1. The maximum Gasteiger partial charge on any atom is 0.169 e. The van der Waals surface area contributed by atoms with Crippen LogP contribution in [0.1, 0.15) is 57.6 Å². The fourth-order valence-corrected chi connectivity index (χ4v) is 5.05. The highest BCUT2D eigenvalue weighted by atomic mass is 35.5. The van der Waals surface area contributed by atoms with Gasteiger partial charge in [0.25, 0.3) is 0 Å². The number of methoxy groups -OCH3 is 1. The Morgan fingerprint density at radius 3 is 2.47 bits per heavy atom. The molecule has 1 atom stereocenters. The number of para-hydroxylation sites is 2. The van der Waals surface area contributed by atoms with E-state index < -0.39 is 0 Å². The molecule has 0 spiro atoms. The maximum absolute atomic E-state index is 6.73. The predicted octanol–water partition coefficient (Wildman–Crippen LogP) is 8.39. The molecule has 0 radical (unpaired) electrons. The van der Waals surface area contributed by atoms with E-state index in [1.165, 1.54) is 11.3 Å². The molecule has 4 rings (SSSR count). The van der Waals surface area contributed by atoms with E-state index in [-0.39, 0.29) is 5.54 Å². The topological polar surface area (TPSA) is 34.1 Å². The molecule has 0 N–H and O–H groups in total. The number of aliphatic imine (C=N–C) groups is 1. The Morgan fingerprint density at radius 1 is 1.09 bits per heavy atom. The average molecular weight is 477 g/mol. The Kier molecular flexibility index (Phi) is 7.18. The molecular formula is C29H33ClN2O2. The van der Waals surface area contributed by atoms with Crippen LogP contribution in [0.15, 0.2) is 65.7 Å². The van der Waals surface area contributed by atoms with Crippen LogP contribution in [0.25, 0.3) is 0 Å². The van der Waals surface area contributed by atoms with Crippen molar-refractivity contribution < 1.29 is 9.47 Å². The SMILES string of the molecule is CCCN1c2cc(Cl)c(C=Nc3ccc(Oc4ccccc4OC)cc3)cc2C(C)CC1(C)C. The van der Waals surface area contributed by atoms with E-state index in [4.69, 9.17) is 21.1 Å². The third-order valence-corrected chi connectivity index (χ3v) is 6.76. The summed E-state index contributed by atoms with van der Waals surface area (Å²) in [7, 11) is 1.63. The fourth-order valence-electron chi connectivity index (χ4n) is 4.84. The van der Waals surface area contributed by atoms with Crippen molar-refractivity contribution in [1.82, 2.24) is 0 Å². The highest BCUT2D eigenvalue weighted by Crippen LogP contribution is 2.45. The van der Waals surface area contributed by atoms with Gasteiger partial charge in [0.15, 0.2) is 11.5 Å². The summed E-state index contributed by atoms with van der Waals surface area (Å²) < 4.78 is 11.3. The van der Waals surface area contributed by atoms with Gasteiger partial charge in [-0.2, -0.15) is 0 Å². The molecule has 1 heterocycles. The summed E-state index contributed by atoms with van der Waals surface area (Å²) in [6, 6.07) is 19.6. The monoisotopic (exact) mass is 476 g/mol. The van der Waals surface area contributed by atoms with Gasteiger partial charge in [-0.3, -0.25) is 4.99 Å². The van der Waals surface area contributed by atoms with Crippen molar-refractivity contribution in [3.63, 3.8) is 0 Å². The summed E-state index contributed by atoms with van der Waals surface area (Å²) in [6.45, 7) is 10.2. The zero-order chi connectivity index (χ0) is 24.3. The molecule has 0 fully saturated rings. The highest BCUT2D eigenvalue weighted by molar-refractivity contribution is 6.33. The summed E-state index contributed by atoms with van der Waals surface area (Å²) in [5.41, 5.74) is 4.50. The van der Waals surface area contributed by atoms with Crippen molar-refractivity contribution in [3.05, 3.63) is 76.8 Å². The minimum Gasteiger partial charge on any atom is -0.493 e. The van der Waals surface area contributed by atoms with E-state index in [1.807, 2.05) is 54.7 Å². The standard InChI is InChI=1S/C29H33ClN2O2/c1-6-15-32-26-17-25(30)21(16-24(26)20(2)18-29(32,3)4)19-31-22-11-13-23(14-12-22)34-28-10-8-7-9-27(28)33-5/h7-14,16-17,19-20H,6,15,18H2,1-5H3. The minimum atomic E-state index is 0.120. The van der Waals surface area contributed by atoms with Gasteiger partial charge in [-0.1, -0.05) is 37.6 Å². The summed E-state index contributed by atoms with van der Waals surface area (Å²) in [5, 5.41) is 0.727. The molecule has 0 aliphatic carbocycles. The maximum atomic E-state index is 6.73. The Morgan fingerprint density at radius 2 is 1.79 bits per heavy atom. The number of hydrogen-bond acceptors (Lipinski definition) is 4. The quantitative estimate of drug-likeness (QED) is 0.321. The number of fused-ring (bicyclic) bond motifs is 1. The summed E-state index contributed by atoms with van der Waals surface area (Å²) in [4.78, 5) is 7.18. The van der Waals surface area contributed by atoms with Crippen molar-refractivity contribution in [1.29, 1.82) is 0 Å². The number of halogens is 1. The second-order valence-corrected chi connectivity index (χ2v) is 9.91. The van der Waals surface area contributed by atoms with Crippen LogP contribution in [-0.4, -0.2) is 25.4 Å². The molecule has 5 heteroatoms. The lowest BCUT2D eigenvalue weighted by Crippen LogP contribution is -2.48. The van der Waals surface area contributed by atoms with E-state index >= 15 is 0 Å². The minimum absolute atomic E-state index is 0.120. The third-order valence-electron chi connectivity index (χ3n) is 6.44. The summed E-state index contributed by atoms with van der Waals surface area (Å²) in [5.74, 6) is 2.56. The molecule has 1 unspecified atom stereocenters. The van der Waals surface area contributed by atoms with Crippen molar-refractivity contribution in [2.75, 3.05) is 18.6 Å². The Labute approximate surface area is 208 Å². The Balaban J connectivity index is 1.54. The van der Waals surface area contributed by atoms with Gasteiger partial charge in [-0.25, -0.2) is 0 Å². The van der Waals surface area contributed by atoms with Crippen molar-refractivity contribution in [2.45, 2.75) is 52.0 Å². The molecule has 178 valence electrons. The number of anilines is 1. The Bertz CT molecular complexity index is 1170. The zero-order valence-corrected chi connectivity index (χ0v) is 21.4. The van der Waals surface area contributed by atoms with E-state index in [2.05, 4.69) is 49.7 Å². The molecule has 3 aromatic rings. The van der Waals surface area contributed by atoms with Crippen LogP contribution in [0.5, 0.6) is 17.2 Å². The number of nitrogens with zero attached hydrogens (tertiary/aromatic N) is 2. The average Bonchev–Trinajstić information content (AvgIpc) is 2.81. The number of hydrogen-bond donors (Lipinski definition) is 0. The largest absolute Gasteiger partial charge is 0.493 e. The first-order valence-corrected chi connectivity index (χ1v) is 12.3. The molecule has 4 nitrogen and oxygen atoms in total.